The first-order chi connectivity index (χ1) is 8.52. The maximum atomic E-state index is 4.49. The molecule has 2 aromatic rings. The van der Waals surface area contributed by atoms with E-state index < -0.39 is 0 Å². The van der Waals surface area contributed by atoms with Gasteiger partial charge in [0, 0.05) is 24.3 Å². The molecule has 0 fully saturated rings. The van der Waals surface area contributed by atoms with E-state index in [1.807, 2.05) is 6.20 Å². The predicted molar refractivity (Wildman–Crippen MR) is 82.3 cm³/mol. The van der Waals surface area contributed by atoms with E-state index in [1.165, 1.54) is 4.88 Å². The van der Waals surface area contributed by atoms with Crippen LogP contribution < -0.4 is 0 Å². The summed E-state index contributed by atoms with van der Waals surface area (Å²) in [5.74, 6) is 1.67. The Morgan fingerprint density at radius 2 is 2.22 bits per heavy atom. The highest BCUT2D eigenvalue weighted by atomic mass is 79.9. The largest absolute Gasteiger partial charge is 0.330 e. The number of nitrogens with zero attached hydrogens (tertiary/aromatic N) is 2. The average molecular weight is 327 g/mol. The lowest BCUT2D eigenvalue weighted by molar-refractivity contribution is 0.240. The summed E-state index contributed by atoms with van der Waals surface area (Å²) in [6.45, 7) is 7.88. The smallest absolute Gasteiger partial charge is 0.149 e. The maximum Gasteiger partial charge on any atom is 0.149 e. The van der Waals surface area contributed by atoms with Crippen molar-refractivity contribution in [3.8, 4) is 10.7 Å². The van der Waals surface area contributed by atoms with Gasteiger partial charge in [-0.05, 0) is 22.8 Å². The molecule has 1 unspecified atom stereocenters. The Morgan fingerprint density at radius 3 is 2.78 bits per heavy atom. The molecule has 1 atom stereocenters. The summed E-state index contributed by atoms with van der Waals surface area (Å²) in [4.78, 5) is 5.72. The minimum Gasteiger partial charge on any atom is -0.330 e. The summed E-state index contributed by atoms with van der Waals surface area (Å²) in [5.41, 5.74) is 0.292. The van der Waals surface area contributed by atoms with Crippen LogP contribution in [-0.4, -0.2) is 14.9 Å². The summed E-state index contributed by atoms with van der Waals surface area (Å²) in [6.07, 6.45) is 3.97. The molecule has 0 aromatic carbocycles. The Bertz CT molecular complexity index is 482. The zero-order chi connectivity index (χ0) is 13.2. The number of halogens is 1. The molecule has 0 N–H and O–H groups in total. The Labute approximate surface area is 121 Å². The van der Waals surface area contributed by atoms with Crippen LogP contribution >= 0.6 is 27.3 Å². The Balaban J connectivity index is 2.23. The highest BCUT2D eigenvalue weighted by Gasteiger charge is 2.24. The van der Waals surface area contributed by atoms with E-state index in [0.717, 1.165) is 17.7 Å². The number of hydrogen-bond donors (Lipinski definition) is 0. The van der Waals surface area contributed by atoms with Crippen molar-refractivity contribution in [1.29, 1.82) is 0 Å². The van der Waals surface area contributed by atoms with Crippen molar-refractivity contribution in [2.24, 2.45) is 11.3 Å². The minimum atomic E-state index is 0.292. The number of alkyl halides is 1. The third-order valence-electron chi connectivity index (χ3n) is 3.29. The van der Waals surface area contributed by atoms with Crippen LogP contribution in [0.15, 0.2) is 29.9 Å². The second-order valence-electron chi connectivity index (χ2n) is 5.60. The fourth-order valence-electron chi connectivity index (χ4n) is 1.88. The van der Waals surface area contributed by atoms with Crippen molar-refractivity contribution >= 4 is 27.3 Å². The van der Waals surface area contributed by atoms with Gasteiger partial charge >= 0.3 is 0 Å². The number of imidazole rings is 1. The zero-order valence-corrected chi connectivity index (χ0v) is 13.5. The van der Waals surface area contributed by atoms with Gasteiger partial charge in [0.1, 0.15) is 5.82 Å². The van der Waals surface area contributed by atoms with E-state index in [-0.39, 0.29) is 0 Å². The van der Waals surface area contributed by atoms with Crippen LogP contribution in [-0.2, 0) is 6.54 Å². The maximum absolute atomic E-state index is 4.49. The lowest BCUT2D eigenvalue weighted by atomic mass is 9.82. The molecule has 2 rings (SSSR count). The molecule has 0 saturated carbocycles. The van der Waals surface area contributed by atoms with Gasteiger partial charge in [-0.1, -0.05) is 42.8 Å². The Morgan fingerprint density at radius 1 is 1.44 bits per heavy atom. The van der Waals surface area contributed by atoms with Crippen LogP contribution in [0.3, 0.4) is 0 Å². The van der Waals surface area contributed by atoms with Crippen molar-refractivity contribution in [1.82, 2.24) is 9.55 Å². The van der Waals surface area contributed by atoms with E-state index in [2.05, 4.69) is 70.0 Å². The van der Waals surface area contributed by atoms with Crippen LogP contribution in [0.4, 0.5) is 0 Å². The van der Waals surface area contributed by atoms with Gasteiger partial charge in [-0.3, -0.25) is 0 Å². The van der Waals surface area contributed by atoms with E-state index in [9.17, 15) is 0 Å². The van der Waals surface area contributed by atoms with Gasteiger partial charge in [-0.2, -0.15) is 0 Å². The van der Waals surface area contributed by atoms with Crippen molar-refractivity contribution < 1.29 is 0 Å². The minimum absolute atomic E-state index is 0.292. The predicted octanol–water partition coefficient (Wildman–Crippen LogP) is 4.67. The molecule has 2 nitrogen and oxygen atoms in total. The molecule has 0 spiro atoms. The summed E-state index contributed by atoms with van der Waals surface area (Å²) >= 11 is 5.38. The summed E-state index contributed by atoms with van der Waals surface area (Å²) in [5, 5.41) is 3.11. The van der Waals surface area contributed by atoms with Crippen LogP contribution in [0, 0.1) is 11.3 Å². The molecule has 98 valence electrons. The van der Waals surface area contributed by atoms with Gasteiger partial charge in [0.25, 0.3) is 0 Å². The quantitative estimate of drug-likeness (QED) is 0.746. The highest BCUT2D eigenvalue weighted by Crippen LogP contribution is 2.31. The van der Waals surface area contributed by atoms with Gasteiger partial charge in [0.05, 0.1) is 4.88 Å². The first-order valence-electron chi connectivity index (χ1n) is 6.13. The fourth-order valence-corrected chi connectivity index (χ4v) is 3.79. The zero-order valence-electron chi connectivity index (χ0n) is 11.1. The molecular formula is C14H19BrN2S. The van der Waals surface area contributed by atoms with Crippen LogP contribution in [0.5, 0.6) is 0 Å². The number of aromatic nitrogens is 2. The summed E-state index contributed by atoms with van der Waals surface area (Å²) in [6, 6.07) is 4.20. The molecule has 0 aliphatic carbocycles. The second kappa shape index (κ2) is 5.57. The van der Waals surface area contributed by atoms with Gasteiger partial charge in [-0.15, -0.1) is 11.3 Å². The van der Waals surface area contributed by atoms with Crippen LogP contribution in [0.25, 0.3) is 10.7 Å². The number of rotatable bonds is 4. The Hall–Kier alpha value is -0.610. The standard InChI is InChI=1S/C14H19BrN2S/c1-14(2,3)11(9-15)10-17-7-6-16-13(17)12-5-4-8-18-12/h4-8,11H,9-10H2,1-3H3. The molecule has 0 radical (unpaired) electrons. The van der Waals surface area contributed by atoms with E-state index in [4.69, 9.17) is 0 Å². The monoisotopic (exact) mass is 326 g/mol. The molecule has 2 aromatic heterocycles. The number of hydrogen-bond acceptors (Lipinski definition) is 2. The van der Waals surface area contributed by atoms with Crippen LogP contribution in [0.1, 0.15) is 20.8 Å². The van der Waals surface area contributed by atoms with Crippen molar-refractivity contribution in [2.75, 3.05) is 5.33 Å². The first-order valence-corrected chi connectivity index (χ1v) is 8.13. The van der Waals surface area contributed by atoms with Crippen LogP contribution in [0.2, 0.25) is 0 Å². The lowest BCUT2D eigenvalue weighted by Crippen LogP contribution is -2.26. The molecule has 2 heterocycles. The molecule has 0 bridgehead atoms. The normalized spacial score (nSPS) is 13.8. The van der Waals surface area contributed by atoms with Crippen molar-refractivity contribution in [3.05, 3.63) is 29.9 Å². The SMILES string of the molecule is CC(C)(C)C(CBr)Cn1ccnc1-c1cccs1. The average Bonchev–Trinajstić information content (AvgIpc) is 2.94. The third kappa shape index (κ3) is 3.04. The topological polar surface area (TPSA) is 17.8 Å². The molecule has 18 heavy (non-hydrogen) atoms. The van der Waals surface area contributed by atoms with E-state index in [0.29, 0.717) is 11.3 Å². The van der Waals surface area contributed by atoms with E-state index >= 15 is 0 Å². The number of thiophene rings is 1. The molecule has 4 heteroatoms. The van der Waals surface area contributed by atoms with Crippen molar-refractivity contribution in [3.63, 3.8) is 0 Å². The first kappa shape index (κ1) is 13.8. The molecule has 0 amide bonds. The van der Waals surface area contributed by atoms with Crippen molar-refractivity contribution in [2.45, 2.75) is 27.3 Å². The molecule has 0 aliphatic heterocycles. The summed E-state index contributed by atoms with van der Waals surface area (Å²) in [7, 11) is 0. The van der Waals surface area contributed by atoms with Gasteiger partial charge < -0.3 is 4.57 Å². The fraction of sp³-hybridized carbons (Fsp3) is 0.500. The van der Waals surface area contributed by atoms with E-state index in [1.54, 1.807) is 11.3 Å². The molecule has 0 saturated heterocycles. The second-order valence-corrected chi connectivity index (χ2v) is 7.19. The Kier molecular flexibility index (Phi) is 4.28. The van der Waals surface area contributed by atoms with Gasteiger partial charge in [-0.25, -0.2) is 4.98 Å². The molecule has 0 aliphatic rings. The molecular weight excluding hydrogens is 308 g/mol. The summed E-state index contributed by atoms with van der Waals surface area (Å²) < 4.78 is 2.27. The highest BCUT2D eigenvalue weighted by molar-refractivity contribution is 9.09. The van der Waals surface area contributed by atoms with Gasteiger partial charge in [0.2, 0.25) is 0 Å². The van der Waals surface area contributed by atoms with Gasteiger partial charge in [0.15, 0.2) is 0 Å². The lowest BCUT2D eigenvalue weighted by Gasteiger charge is -2.29. The third-order valence-corrected chi connectivity index (χ3v) is 4.93.